The Bertz CT molecular complexity index is 576. The normalized spacial score (nSPS) is 19.8. The molecule has 0 radical (unpaired) electrons. The third-order valence-corrected chi connectivity index (χ3v) is 4.81. The number of nitrogens with one attached hydrogen (secondary N) is 2. The third kappa shape index (κ3) is 5.46. The van der Waals surface area contributed by atoms with Crippen LogP contribution in [0.2, 0.25) is 0 Å². The van der Waals surface area contributed by atoms with E-state index in [2.05, 4.69) is 10.6 Å². The van der Waals surface area contributed by atoms with Crippen molar-refractivity contribution >= 4 is 17.6 Å². The van der Waals surface area contributed by atoms with Crippen LogP contribution in [-0.2, 0) is 16.0 Å². The molecule has 2 fully saturated rings. The standard InChI is InChI=1S/C19H27N3O3/c23-18(22-11-1-2-12-22)10-7-15-5-8-16(9-6-15)21-19(24)20-14-17-4-3-13-25-17/h5-6,8-9,17H,1-4,7,10-14H2,(H2,20,21,24). The first-order valence-corrected chi connectivity index (χ1v) is 9.24. The number of aryl methyl sites for hydroxylation is 1. The van der Waals surface area contributed by atoms with Crippen molar-refractivity contribution in [3.63, 3.8) is 0 Å². The molecule has 6 heteroatoms. The number of hydrogen-bond donors (Lipinski definition) is 2. The van der Waals surface area contributed by atoms with E-state index in [1.165, 1.54) is 0 Å². The molecule has 136 valence electrons. The summed E-state index contributed by atoms with van der Waals surface area (Å²) in [6.07, 6.45) is 5.75. The molecule has 0 spiro atoms. The number of urea groups is 1. The fraction of sp³-hybridized carbons (Fsp3) is 0.579. The van der Waals surface area contributed by atoms with Crippen LogP contribution in [0.3, 0.4) is 0 Å². The number of nitrogens with zero attached hydrogens (tertiary/aromatic N) is 1. The van der Waals surface area contributed by atoms with Gasteiger partial charge in [-0.05, 0) is 49.8 Å². The molecule has 3 amide bonds. The molecular formula is C19H27N3O3. The molecule has 1 aromatic carbocycles. The summed E-state index contributed by atoms with van der Waals surface area (Å²) in [7, 11) is 0. The molecule has 25 heavy (non-hydrogen) atoms. The largest absolute Gasteiger partial charge is 0.376 e. The van der Waals surface area contributed by atoms with Gasteiger partial charge in [-0.1, -0.05) is 12.1 Å². The SMILES string of the molecule is O=C(NCC1CCCO1)Nc1ccc(CCC(=O)N2CCCC2)cc1. The highest BCUT2D eigenvalue weighted by Crippen LogP contribution is 2.14. The van der Waals surface area contributed by atoms with Gasteiger partial charge in [-0.3, -0.25) is 4.79 Å². The molecule has 2 aliphatic heterocycles. The molecular weight excluding hydrogens is 318 g/mol. The van der Waals surface area contributed by atoms with Gasteiger partial charge in [0.25, 0.3) is 0 Å². The van der Waals surface area contributed by atoms with Crippen LogP contribution < -0.4 is 10.6 Å². The van der Waals surface area contributed by atoms with Crippen LogP contribution in [0.5, 0.6) is 0 Å². The van der Waals surface area contributed by atoms with Gasteiger partial charge in [-0.2, -0.15) is 0 Å². The van der Waals surface area contributed by atoms with Gasteiger partial charge < -0.3 is 20.3 Å². The zero-order valence-corrected chi connectivity index (χ0v) is 14.6. The van der Waals surface area contributed by atoms with Gasteiger partial charge in [0.05, 0.1) is 6.10 Å². The summed E-state index contributed by atoms with van der Waals surface area (Å²) in [6, 6.07) is 7.47. The Hall–Kier alpha value is -2.08. The molecule has 0 bridgehead atoms. The minimum absolute atomic E-state index is 0.140. The van der Waals surface area contributed by atoms with Crippen molar-refractivity contribution in [2.24, 2.45) is 0 Å². The lowest BCUT2D eigenvalue weighted by Gasteiger charge is -2.15. The fourth-order valence-corrected chi connectivity index (χ4v) is 3.32. The summed E-state index contributed by atoms with van der Waals surface area (Å²) in [5.41, 5.74) is 1.86. The number of rotatable bonds is 6. The molecule has 0 aliphatic carbocycles. The van der Waals surface area contributed by atoms with Crippen molar-refractivity contribution in [3.8, 4) is 0 Å². The van der Waals surface area contributed by atoms with E-state index in [0.717, 1.165) is 63.1 Å². The van der Waals surface area contributed by atoms with Crippen LogP contribution in [0.1, 0.15) is 37.7 Å². The lowest BCUT2D eigenvalue weighted by Crippen LogP contribution is -2.35. The van der Waals surface area contributed by atoms with Gasteiger partial charge >= 0.3 is 6.03 Å². The highest BCUT2D eigenvalue weighted by atomic mass is 16.5. The van der Waals surface area contributed by atoms with Gasteiger partial charge in [0.15, 0.2) is 0 Å². The lowest BCUT2D eigenvalue weighted by atomic mass is 10.1. The summed E-state index contributed by atoms with van der Waals surface area (Å²) < 4.78 is 5.48. The average molecular weight is 345 g/mol. The van der Waals surface area contributed by atoms with Crippen LogP contribution in [0.25, 0.3) is 0 Å². The molecule has 6 nitrogen and oxygen atoms in total. The zero-order valence-electron chi connectivity index (χ0n) is 14.6. The highest BCUT2D eigenvalue weighted by Gasteiger charge is 2.17. The van der Waals surface area contributed by atoms with Gasteiger partial charge in [0.2, 0.25) is 5.91 Å². The monoisotopic (exact) mass is 345 g/mol. The van der Waals surface area contributed by atoms with Crippen molar-refractivity contribution in [2.45, 2.75) is 44.6 Å². The molecule has 2 saturated heterocycles. The first-order valence-electron chi connectivity index (χ1n) is 9.24. The maximum Gasteiger partial charge on any atom is 0.319 e. The first-order chi connectivity index (χ1) is 12.2. The van der Waals surface area contributed by atoms with Crippen LogP contribution in [0, 0.1) is 0 Å². The van der Waals surface area contributed by atoms with Gasteiger partial charge in [0.1, 0.15) is 0 Å². The van der Waals surface area contributed by atoms with Crippen LogP contribution in [0.4, 0.5) is 10.5 Å². The minimum atomic E-state index is -0.215. The third-order valence-electron chi connectivity index (χ3n) is 4.81. The number of anilines is 1. The highest BCUT2D eigenvalue weighted by molar-refractivity contribution is 5.89. The summed E-state index contributed by atoms with van der Waals surface area (Å²) in [5.74, 6) is 0.244. The fourth-order valence-electron chi connectivity index (χ4n) is 3.32. The zero-order chi connectivity index (χ0) is 17.5. The van der Waals surface area contributed by atoms with E-state index in [0.29, 0.717) is 13.0 Å². The smallest absolute Gasteiger partial charge is 0.319 e. The van der Waals surface area contributed by atoms with E-state index in [4.69, 9.17) is 4.74 Å². The Balaban J connectivity index is 1.38. The summed E-state index contributed by atoms with van der Waals surface area (Å²) in [5, 5.41) is 5.66. The molecule has 2 heterocycles. The second-order valence-electron chi connectivity index (χ2n) is 6.75. The van der Waals surface area contributed by atoms with E-state index in [-0.39, 0.29) is 18.0 Å². The molecule has 2 N–H and O–H groups in total. The Labute approximate surface area is 148 Å². The predicted octanol–water partition coefficient (Wildman–Crippen LogP) is 2.54. The summed E-state index contributed by atoms with van der Waals surface area (Å²) >= 11 is 0. The topological polar surface area (TPSA) is 70.7 Å². The predicted molar refractivity (Wildman–Crippen MR) is 96.6 cm³/mol. The maximum absolute atomic E-state index is 12.1. The van der Waals surface area contributed by atoms with Crippen molar-refractivity contribution in [3.05, 3.63) is 29.8 Å². The van der Waals surface area contributed by atoms with Crippen molar-refractivity contribution in [2.75, 3.05) is 31.6 Å². The molecule has 2 aliphatic rings. The first kappa shape index (κ1) is 17.7. The van der Waals surface area contributed by atoms with Crippen molar-refractivity contribution < 1.29 is 14.3 Å². The summed E-state index contributed by atoms with van der Waals surface area (Å²) in [6.45, 7) is 3.14. The second-order valence-corrected chi connectivity index (χ2v) is 6.75. The van der Waals surface area contributed by atoms with Crippen molar-refractivity contribution in [1.29, 1.82) is 0 Å². The van der Waals surface area contributed by atoms with Crippen LogP contribution in [0.15, 0.2) is 24.3 Å². The Morgan fingerprint density at radius 2 is 1.88 bits per heavy atom. The molecule has 3 rings (SSSR count). The molecule has 0 saturated carbocycles. The Kier molecular flexibility index (Phi) is 6.28. The Morgan fingerprint density at radius 3 is 2.56 bits per heavy atom. The quantitative estimate of drug-likeness (QED) is 0.832. The number of carbonyl (C=O) groups excluding carboxylic acids is 2. The maximum atomic E-state index is 12.1. The second kappa shape index (κ2) is 8.85. The van der Waals surface area contributed by atoms with E-state index >= 15 is 0 Å². The average Bonchev–Trinajstić information content (AvgIpc) is 3.32. The lowest BCUT2D eigenvalue weighted by molar-refractivity contribution is -0.130. The van der Waals surface area contributed by atoms with Crippen LogP contribution in [-0.4, -0.2) is 49.2 Å². The van der Waals surface area contributed by atoms with Crippen molar-refractivity contribution in [1.82, 2.24) is 10.2 Å². The molecule has 1 aromatic rings. The minimum Gasteiger partial charge on any atom is -0.376 e. The van der Waals surface area contributed by atoms with Gasteiger partial charge in [0, 0.05) is 38.3 Å². The van der Waals surface area contributed by atoms with Gasteiger partial charge in [-0.25, -0.2) is 4.79 Å². The molecule has 1 atom stereocenters. The van der Waals surface area contributed by atoms with E-state index in [9.17, 15) is 9.59 Å². The van der Waals surface area contributed by atoms with Gasteiger partial charge in [-0.15, -0.1) is 0 Å². The number of likely N-dealkylation sites (tertiary alicyclic amines) is 1. The van der Waals surface area contributed by atoms with Crippen LogP contribution >= 0.6 is 0 Å². The van der Waals surface area contributed by atoms with E-state index in [1.54, 1.807) is 0 Å². The number of amides is 3. The number of hydrogen-bond acceptors (Lipinski definition) is 3. The number of benzene rings is 1. The van der Waals surface area contributed by atoms with E-state index < -0.39 is 0 Å². The number of ether oxygens (including phenoxy) is 1. The molecule has 1 unspecified atom stereocenters. The molecule has 0 aromatic heterocycles. The van der Waals surface area contributed by atoms with E-state index in [1.807, 2.05) is 29.2 Å². The number of carbonyl (C=O) groups is 2. The Morgan fingerprint density at radius 1 is 1.12 bits per heavy atom. The summed E-state index contributed by atoms with van der Waals surface area (Å²) in [4.78, 5) is 25.9.